The summed E-state index contributed by atoms with van der Waals surface area (Å²) in [5.41, 5.74) is 8.13. The number of primary amides is 1. The predicted octanol–water partition coefficient (Wildman–Crippen LogP) is 0.915. The fourth-order valence-corrected chi connectivity index (χ4v) is 2.49. The van der Waals surface area contributed by atoms with Crippen molar-refractivity contribution in [1.29, 1.82) is 0 Å². The number of carbonyl (C=O) groups is 1. The van der Waals surface area contributed by atoms with Gasteiger partial charge < -0.3 is 10.7 Å². The van der Waals surface area contributed by atoms with Crippen LogP contribution in [0.25, 0.3) is 0 Å². The van der Waals surface area contributed by atoms with E-state index in [1.54, 1.807) is 0 Å². The van der Waals surface area contributed by atoms with Crippen LogP contribution >= 0.6 is 0 Å². The van der Waals surface area contributed by atoms with Crippen molar-refractivity contribution in [3.63, 3.8) is 0 Å². The van der Waals surface area contributed by atoms with Gasteiger partial charge in [-0.3, -0.25) is 9.59 Å². The Morgan fingerprint density at radius 1 is 1.38 bits per heavy atom. The highest BCUT2D eigenvalue weighted by molar-refractivity contribution is 5.94. The van der Waals surface area contributed by atoms with E-state index in [-0.39, 0.29) is 11.1 Å². The summed E-state index contributed by atoms with van der Waals surface area (Å²) in [7, 11) is 0. The van der Waals surface area contributed by atoms with Crippen LogP contribution in [0.1, 0.15) is 46.9 Å². The van der Waals surface area contributed by atoms with Crippen LogP contribution in [0.2, 0.25) is 0 Å². The molecular weight excluding hydrogens is 204 g/mol. The van der Waals surface area contributed by atoms with Gasteiger partial charge in [0.25, 0.3) is 11.5 Å². The smallest absolute Gasteiger partial charge is 0.261 e. The topological polar surface area (TPSA) is 75.9 Å². The molecule has 0 radical (unpaired) electrons. The van der Waals surface area contributed by atoms with Gasteiger partial charge in [-0.1, -0.05) is 13.3 Å². The third-order valence-corrected chi connectivity index (χ3v) is 3.12. The maximum absolute atomic E-state index is 11.8. The maximum Gasteiger partial charge on any atom is 0.261 e. The molecule has 1 aromatic rings. The van der Waals surface area contributed by atoms with Gasteiger partial charge >= 0.3 is 0 Å². The highest BCUT2D eigenvalue weighted by atomic mass is 16.2. The van der Waals surface area contributed by atoms with Crippen LogP contribution in [0.15, 0.2) is 4.79 Å². The van der Waals surface area contributed by atoms with Gasteiger partial charge in [0, 0.05) is 5.69 Å². The monoisotopic (exact) mass is 220 g/mol. The number of aryl methyl sites for hydroxylation is 1. The molecule has 0 bridgehead atoms. The number of pyridine rings is 1. The molecule has 3 N–H and O–H groups in total. The molecule has 2 rings (SSSR count). The Bertz CT molecular complexity index is 489. The predicted molar refractivity (Wildman–Crippen MR) is 61.6 cm³/mol. The second-order valence-corrected chi connectivity index (χ2v) is 4.23. The second-order valence-electron chi connectivity index (χ2n) is 4.23. The molecule has 0 atom stereocenters. The van der Waals surface area contributed by atoms with Gasteiger partial charge in [-0.25, -0.2) is 0 Å². The number of amides is 1. The van der Waals surface area contributed by atoms with Crippen molar-refractivity contribution in [3.8, 4) is 0 Å². The molecule has 4 nitrogen and oxygen atoms in total. The average molecular weight is 220 g/mol. The lowest BCUT2D eigenvalue weighted by atomic mass is 10.0. The minimum atomic E-state index is -0.609. The van der Waals surface area contributed by atoms with E-state index in [4.69, 9.17) is 5.73 Å². The molecule has 1 aromatic heterocycles. The Morgan fingerprint density at radius 3 is 2.69 bits per heavy atom. The molecule has 1 heterocycles. The fourth-order valence-electron chi connectivity index (χ4n) is 2.49. The lowest BCUT2D eigenvalue weighted by molar-refractivity contribution is 0.0998. The van der Waals surface area contributed by atoms with E-state index in [0.29, 0.717) is 0 Å². The molecule has 0 saturated heterocycles. The number of nitrogens with two attached hydrogens (primary N) is 1. The van der Waals surface area contributed by atoms with E-state index in [1.807, 2.05) is 0 Å². The number of carbonyl (C=O) groups excluding carboxylic acids is 1. The fraction of sp³-hybridized carbons (Fsp3) is 0.500. The van der Waals surface area contributed by atoms with Crippen molar-refractivity contribution in [2.24, 2.45) is 5.73 Å². The summed E-state index contributed by atoms with van der Waals surface area (Å²) in [6, 6.07) is 0. The Balaban J connectivity index is 2.64. The number of aromatic amines is 1. The normalized spacial score (nSPS) is 13.8. The first kappa shape index (κ1) is 10.9. The Labute approximate surface area is 93.9 Å². The summed E-state index contributed by atoms with van der Waals surface area (Å²) in [5.74, 6) is -0.609. The summed E-state index contributed by atoms with van der Waals surface area (Å²) >= 11 is 0. The molecule has 0 aliphatic heterocycles. The number of hydrogen-bond acceptors (Lipinski definition) is 2. The molecule has 1 aliphatic carbocycles. The molecular formula is C12H16N2O2. The third kappa shape index (κ3) is 1.64. The van der Waals surface area contributed by atoms with Gasteiger partial charge in [0.1, 0.15) is 5.56 Å². The molecule has 86 valence electrons. The van der Waals surface area contributed by atoms with Crippen molar-refractivity contribution in [1.82, 2.24) is 4.98 Å². The van der Waals surface area contributed by atoms with Crippen molar-refractivity contribution in [2.75, 3.05) is 0 Å². The third-order valence-electron chi connectivity index (χ3n) is 3.12. The van der Waals surface area contributed by atoms with E-state index < -0.39 is 5.91 Å². The van der Waals surface area contributed by atoms with Gasteiger partial charge in [0.2, 0.25) is 0 Å². The number of aromatic nitrogens is 1. The van der Waals surface area contributed by atoms with Crippen LogP contribution in [-0.2, 0) is 19.3 Å². The quantitative estimate of drug-likeness (QED) is 0.794. The van der Waals surface area contributed by atoms with Crippen molar-refractivity contribution >= 4 is 5.91 Å². The standard InChI is InChI=1S/C12H16N2O2/c1-2-4-9-7-5-3-6-8(7)10(11(13)15)12(16)14-9/h2-6H2,1H3,(H2,13,15)(H,14,16). The van der Waals surface area contributed by atoms with E-state index in [0.717, 1.165) is 48.9 Å². The van der Waals surface area contributed by atoms with Crippen LogP contribution in [-0.4, -0.2) is 10.9 Å². The van der Waals surface area contributed by atoms with Gasteiger partial charge in [0.15, 0.2) is 0 Å². The molecule has 0 aromatic carbocycles. The summed E-state index contributed by atoms with van der Waals surface area (Å²) in [6.07, 6.45) is 4.59. The zero-order valence-corrected chi connectivity index (χ0v) is 9.43. The molecule has 16 heavy (non-hydrogen) atoms. The Morgan fingerprint density at radius 2 is 2.06 bits per heavy atom. The lowest BCUT2D eigenvalue weighted by Crippen LogP contribution is -2.27. The number of hydrogen-bond donors (Lipinski definition) is 2. The van der Waals surface area contributed by atoms with Crippen molar-refractivity contribution < 1.29 is 4.79 Å². The SMILES string of the molecule is CCCc1[nH]c(=O)c(C(N)=O)c2c1CCC2. The minimum absolute atomic E-state index is 0.173. The zero-order valence-electron chi connectivity index (χ0n) is 9.43. The second kappa shape index (κ2) is 4.12. The van der Waals surface area contributed by atoms with Crippen molar-refractivity contribution in [3.05, 3.63) is 32.7 Å². The number of rotatable bonds is 3. The number of nitrogens with one attached hydrogen (secondary N) is 1. The van der Waals surface area contributed by atoms with Gasteiger partial charge in [-0.2, -0.15) is 0 Å². The Hall–Kier alpha value is -1.58. The van der Waals surface area contributed by atoms with Crippen molar-refractivity contribution in [2.45, 2.75) is 39.0 Å². The number of fused-ring (bicyclic) bond motifs is 1. The van der Waals surface area contributed by atoms with Gasteiger partial charge in [0.05, 0.1) is 0 Å². The van der Waals surface area contributed by atoms with E-state index >= 15 is 0 Å². The van der Waals surface area contributed by atoms with Gasteiger partial charge in [-0.05, 0) is 36.8 Å². The lowest BCUT2D eigenvalue weighted by Gasteiger charge is -2.09. The van der Waals surface area contributed by atoms with Crippen LogP contribution in [0, 0.1) is 0 Å². The summed E-state index contributed by atoms with van der Waals surface area (Å²) < 4.78 is 0. The highest BCUT2D eigenvalue weighted by Crippen LogP contribution is 2.26. The van der Waals surface area contributed by atoms with Crippen LogP contribution in [0.4, 0.5) is 0 Å². The van der Waals surface area contributed by atoms with Crippen LogP contribution in [0.5, 0.6) is 0 Å². The summed E-state index contributed by atoms with van der Waals surface area (Å²) in [6.45, 7) is 2.07. The molecule has 1 aliphatic rings. The van der Waals surface area contributed by atoms with Crippen LogP contribution < -0.4 is 11.3 Å². The van der Waals surface area contributed by atoms with Gasteiger partial charge in [-0.15, -0.1) is 0 Å². The first-order valence-corrected chi connectivity index (χ1v) is 5.71. The van der Waals surface area contributed by atoms with E-state index in [9.17, 15) is 9.59 Å². The average Bonchev–Trinajstić information content (AvgIpc) is 2.65. The molecule has 1 amide bonds. The molecule has 0 unspecified atom stereocenters. The summed E-state index contributed by atoms with van der Waals surface area (Å²) in [5, 5.41) is 0. The minimum Gasteiger partial charge on any atom is -0.365 e. The highest BCUT2D eigenvalue weighted by Gasteiger charge is 2.23. The molecule has 0 fully saturated rings. The zero-order chi connectivity index (χ0) is 11.7. The first-order valence-electron chi connectivity index (χ1n) is 5.71. The number of H-pyrrole nitrogens is 1. The van der Waals surface area contributed by atoms with E-state index in [1.165, 1.54) is 0 Å². The molecule has 0 saturated carbocycles. The Kier molecular flexibility index (Phi) is 2.81. The largest absolute Gasteiger partial charge is 0.365 e. The van der Waals surface area contributed by atoms with E-state index in [2.05, 4.69) is 11.9 Å². The molecule has 4 heteroatoms. The van der Waals surface area contributed by atoms with Crippen LogP contribution in [0.3, 0.4) is 0 Å². The maximum atomic E-state index is 11.8. The molecule has 0 spiro atoms. The summed E-state index contributed by atoms with van der Waals surface area (Å²) in [4.78, 5) is 25.8. The first-order chi connectivity index (χ1) is 7.65.